The molecule has 3 rings (SSSR count). The summed E-state index contributed by atoms with van der Waals surface area (Å²) in [6.07, 6.45) is 4.99. The van der Waals surface area contributed by atoms with E-state index in [0.29, 0.717) is 12.0 Å². The van der Waals surface area contributed by atoms with Gasteiger partial charge in [0.2, 0.25) is 5.95 Å². The summed E-state index contributed by atoms with van der Waals surface area (Å²) < 4.78 is 1.08. The monoisotopic (exact) mass is 388 g/mol. The van der Waals surface area contributed by atoms with E-state index < -0.39 is 0 Å². The molecule has 2 heterocycles. The van der Waals surface area contributed by atoms with Gasteiger partial charge in [-0.1, -0.05) is 22.9 Å². The quantitative estimate of drug-likeness (QED) is 0.764. The highest BCUT2D eigenvalue weighted by molar-refractivity contribution is 9.10. The molecule has 0 saturated carbocycles. The summed E-state index contributed by atoms with van der Waals surface area (Å²) in [5.41, 5.74) is 3.21. The topological polar surface area (TPSA) is 41.1 Å². The van der Waals surface area contributed by atoms with E-state index in [1.165, 1.54) is 24.8 Å². The van der Waals surface area contributed by atoms with Crippen LogP contribution in [0.4, 0.5) is 17.5 Å². The highest BCUT2D eigenvalue weighted by Crippen LogP contribution is 2.28. The predicted octanol–water partition coefficient (Wildman–Crippen LogP) is 5.37. The first-order valence-electron chi connectivity index (χ1n) is 8.72. The zero-order chi connectivity index (χ0) is 17.1. The van der Waals surface area contributed by atoms with E-state index >= 15 is 0 Å². The van der Waals surface area contributed by atoms with Gasteiger partial charge in [-0.05, 0) is 63.3 Å². The minimum atomic E-state index is 0.593. The van der Waals surface area contributed by atoms with E-state index in [1.54, 1.807) is 0 Å². The van der Waals surface area contributed by atoms with Gasteiger partial charge < -0.3 is 10.2 Å². The Labute approximate surface area is 152 Å². The van der Waals surface area contributed by atoms with Gasteiger partial charge in [-0.2, -0.15) is 4.98 Å². The molecule has 1 N–H and O–H groups in total. The van der Waals surface area contributed by atoms with Crippen LogP contribution < -0.4 is 10.2 Å². The van der Waals surface area contributed by atoms with Gasteiger partial charge in [0.1, 0.15) is 5.82 Å². The summed E-state index contributed by atoms with van der Waals surface area (Å²) in [6, 6.07) is 8.88. The fraction of sp³-hybridized carbons (Fsp3) is 0.474. The van der Waals surface area contributed by atoms with Crippen molar-refractivity contribution in [2.24, 2.45) is 0 Å². The Kier molecular flexibility index (Phi) is 5.39. The molecule has 2 aromatic rings. The number of halogens is 1. The van der Waals surface area contributed by atoms with E-state index in [-0.39, 0.29) is 0 Å². The van der Waals surface area contributed by atoms with E-state index in [2.05, 4.69) is 63.2 Å². The smallest absolute Gasteiger partial charge is 0.229 e. The number of benzene rings is 1. The van der Waals surface area contributed by atoms with Gasteiger partial charge in [0.15, 0.2) is 0 Å². The van der Waals surface area contributed by atoms with Crippen molar-refractivity contribution in [1.29, 1.82) is 0 Å². The minimum Gasteiger partial charge on any atom is -0.353 e. The molecule has 5 heteroatoms. The zero-order valence-electron chi connectivity index (χ0n) is 14.6. The number of nitrogens with zero attached hydrogens (tertiary/aromatic N) is 3. The average Bonchev–Trinajstić information content (AvgIpc) is 2.57. The normalized spacial score (nSPS) is 17.8. The third kappa shape index (κ3) is 3.89. The number of piperidine rings is 1. The molecule has 24 heavy (non-hydrogen) atoms. The van der Waals surface area contributed by atoms with Crippen LogP contribution in [0.15, 0.2) is 28.7 Å². The molecule has 0 amide bonds. The second-order valence-electron chi connectivity index (χ2n) is 6.53. The van der Waals surface area contributed by atoms with Crippen molar-refractivity contribution in [2.45, 2.75) is 52.5 Å². The van der Waals surface area contributed by atoms with Crippen molar-refractivity contribution in [1.82, 2.24) is 9.97 Å². The third-order valence-electron chi connectivity index (χ3n) is 4.67. The standard InChI is InChI=1S/C19H25BrN4/c1-4-16-7-5-6-10-24(16)18-12-14(3)21-19(23-18)22-17-9-8-15(20)11-13(17)2/h8-9,11-12,16H,4-7,10H2,1-3H3,(H,21,22,23). The van der Waals surface area contributed by atoms with Gasteiger partial charge >= 0.3 is 0 Å². The van der Waals surface area contributed by atoms with Crippen LogP contribution in [-0.2, 0) is 0 Å². The first kappa shape index (κ1) is 17.2. The Morgan fingerprint density at radius 1 is 1.21 bits per heavy atom. The molecule has 0 radical (unpaired) electrons. The molecule has 128 valence electrons. The van der Waals surface area contributed by atoms with Gasteiger partial charge in [-0.25, -0.2) is 4.98 Å². The van der Waals surface area contributed by atoms with Crippen molar-refractivity contribution in [3.05, 3.63) is 40.0 Å². The van der Waals surface area contributed by atoms with Crippen LogP contribution in [0.25, 0.3) is 0 Å². The summed E-state index contributed by atoms with van der Waals surface area (Å²) in [5, 5.41) is 3.38. The van der Waals surface area contributed by atoms with Crippen LogP contribution in [0.3, 0.4) is 0 Å². The van der Waals surface area contributed by atoms with Crippen molar-refractivity contribution >= 4 is 33.4 Å². The minimum absolute atomic E-state index is 0.593. The van der Waals surface area contributed by atoms with Gasteiger partial charge in [0.25, 0.3) is 0 Å². The maximum Gasteiger partial charge on any atom is 0.229 e. The Balaban J connectivity index is 1.88. The van der Waals surface area contributed by atoms with Crippen molar-refractivity contribution in [2.75, 3.05) is 16.8 Å². The zero-order valence-corrected chi connectivity index (χ0v) is 16.2. The van der Waals surface area contributed by atoms with Gasteiger partial charge in [0, 0.05) is 34.5 Å². The largest absolute Gasteiger partial charge is 0.353 e. The number of aromatic nitrogens is 2. The number of nitrogens with one attached hydrogen (secondary N) is 1. The lowest BCUT2D eigenvalue weighted by molar-refractivity contribution is 0.446. The maximum atomic E-state index is 4.81. The van der Waals surface area contributed by atoms with E-state index in [1.807, 2.05) is 13.0 Å². The number of anilines is 3. The van der Waals surface area contributed by atoms with Crippen LogP contribution in [-0.4, -0.2) is 22.6 Å². The summed E-state index contributed by atoms with van der Waals surface area (Å²) in [4.78, 5) is 11.8. The highest BCUT2D eigenvalue weighted by Gasteiger charge is 2.22. The second-order valence-corrected chi connectivity index (χ2v) is 7.44. The molecule has 1 aliphatic heterocycles. The van der Waals surface area contributed by atoms with Crippen LogP contribution in [0.2, 0.25) is 0 Å². The van der Waals surface area contributed by atoms with Crippen molar-refractivity contribution in [3.8, 4) is 0 Å². The van der Waals surface area contributed by atoms with Gasteiger partial charge in [-0.3, -0.25) is 0 Å². The predicted molar refractivity (Wildman–Crippen MR) is 104 cm³/mol. The van der Waals surface area contributed by atoms with Crippen molar-refractivity contribution in [3.63, 3.8) is 0 Å². The first-order valence-corrected chi connectivity index (χ1v) is 9.51. The van der Waals surface area contributed by atoms with E-state index in [0.717, 1.165) is 34.6 Å². The second kappa shape index (κ2) is 7.51. The molecule has 1 aliphatic rings. The number of hydrogen-bond acceptors (Lipinski definition) is 4. The Morgan fingerprint density at radius 3 is 2.79 bits per heavy atom. The summed E-state index contributed by atoms with van der Waals surface area (Å²) in [5.74, 6) is 1.72. The summed E-state index contributed by atoms with van der Waals surface area (Å²) in [6.45, 7) is 7.48. The summed E-state index contributed by atoms with van der Waals surface area (Å²) in [7, 11) is 0. The summed E-state index contributed by atoms with van der Waals surface area (Å²) >= 11 is 3.51. The van der Waals surface area contributed by atoms with Crippen LogP contribution in [0.5, 0.6) is 0 Å². The molecule has 1 atom stereocenters. The molecule has 1 saturated heterocycles. The van der Waals surface area contributed by atoms with E-state index in [4.69, 9.17) is 4.98 Å². The van der Waals surface area contributed by atoms with Crippen LogP contribution in [0.1, 0.15) is 43.9 Å². The number of aryl methyl sites for hydroxylation is 2. The lowest BCUT2D eigenvalue weighted by Gasteiger charge is -2.36. The van der Waals surface area contributed by atoms with Gasteiger partial charge in [0.05, 0.1) is 0 Å². The fourth-order valence-corrected chi connectivity index (χ4v) is 3.84. The maximum absolute atomic E-state index is 4.81. The molecule has 0 aliphatic carbocycles. The van der Waals surface area contributed by atoms with Crippen LogP contribution in [0, 0.1) is 13.8 Å². The molecule has 1 unspecified atom stereocenters. The number of rotatable bonds is 4. The molecule has 0 bridgehead atoms. The molecule has 1 fully saturated rings. The molecule has 1 aromatic carbocycles. The average molecular weight is 389 g/mol. The van der Waals surface area contributed by atoms with E-state index in [9.17, 15) is 0 Å². The van der Waals surface area contributed by atoms with Crippen molar-refractivity contribution < 1.29 is 0 Å². The lowest BCUT2D eigenvalue weighted by atomic mass is 10.00. The molecular weight excluding hydrogens is 364 g/mol. The Hall–Kier alpha value is -1.62. The first-order chi connectivity index (χ1) is 11.6. The molecule has 4 nitrogen and oxygen atoms in total. The number of hydrogen-bond donors (Lipinski definition) is 1. The van der Waals surface area contributed by atoms with Crippen LogP contribution >= 0.6 is 15.9 Å². The lowest BCUT2D eigenvalue weighted by Crippen LogP contribution is -2.39. The third-order valence-corrected chi connectivity index (χ3v) is 5.16. The van der Waals surface area contributed by atoms with Gasteiger partial charge in [-0.15, -0.1) is 0 Å². The fourth-order valence-electron chi connectivity index (χ4n) is 3.37. The Morgan fingerprint density at radius 2 is 2.04 bits per heavy atom. The molecule has 0 spiro atoms. The SMILES string of the molecule is CCC1CCCCN1c1cc(C)nc(Nc2ccc(Br)cc2C)n1. The highest BCUT2D eigenvalue weighted by atomic mass is 79.9. The molecular formula is C19H25BrN4. The Bertz CT molecular complexity index is 717. The molecule has 1 aromatic heterocycles.